The van der Waals surface area contributed by atoms with Crippen molar-refractivity contribution in [2.75, 3.05) is 32.9 Å². The van der Waals surface area contributed by atoms with E-state index in [0.717, 1.165) is 38.5 Å². The van der Waals surface area contributed by atoms with Crippen molar-refractivity contribution in [3.05, 3.63) is 35.9 Å². The van der Waals surface area contributed by atoms with E-state index in [1.165, 1.54) is 5.56 Å². The van der Waals surface area contributed by atoms with Gasteiger partial charge in [0.25, 0.3) is 0 Å². The molecule has 4 rings (SSSR count). The van der Waals surface area contributed by atoms with E-state index in [1.54, 1.807) is 0 Å². The molecule has 0 unspecified atom stereocenters. The highest BCUT2D eigenvalue weighted by Gasteiger charge is 2.49. The van der Waals surface area contributed by atoms with Gasteiger partial charge >= 0.3 is 6.03 Å². The molecule has 7 heteroatoms. The largest absolute Gasteiger partial charge is 0.378 e. The van der Waals surface area contributed by atoms with Crippen molar-refractivity contribution < 1.29 is 19.1 Å². The Morgan fingerprint density at radius 2 is 2.03 bits per heavy atom. The van der Waals surface area contributed by atoms with E-state index in [1.807, 2.05) is 11.8 Å². The fourth-order valence-corrected chi connectivity index (χ4v) is 5.56. The van der Waals surface area contributed by atoms with Gasteiger partial charge in [-0.1, -0.05) is 30.3 Å². The molecule has 3 fully saturated rings. The van der Waals surface area contributed by atoms with Crippen LogP contribution in [0.2, 0.25) is 0 Å². The van der Waals surface area contributed by atoms with Crippen LogP contribution in [0.5, 0.6) is 0 Å². The summed E-state index contributed by atoms with van der Waals surface area (Å²) in [7, 11) is 0. The summed E-state index contributed by atoms with van der Waals surface area (Å²) in [5, 5.41) is 6.16. The Morgan fingerprint density at radius 3 is 2.78 bits per heavy atom. The van der Waals surface area contributed by atoms with Gasteiger partial charge in [0.2, 0.25) is 5.91 Å². The van der Waals surface area contributed by atoms with Gasteiger partial charge in [0, 0.05) is 19.5 Å². The van der Waals surface area contributed by atoms with Gasteiger partial charge in [0.05, 0.1) is 37.5 Å². The van der Waals surface area contributed by atoms with E-state index in [2.05, 4.69) is 41.0 Å². The Labute approximate surface area is 191 Å². The normalized spacial score (nSPS) is 31.1. The lowest BCUT2D eigenvalue weighted by Crippen LogP contribution is -2.70. The standard InChI is InChI=1S/C25H37N3O4/c1-2-26-24(30)28-15-6-14-25(18-31-16-13-23(29)27-25)22(28)17-32-21-11-9-20(10-12-21)19-7-4-3-5-8-19/h3-5,7-8,20-22H,2,6,9-18H2,1H3,(H,26,30)(H,27,29)/t20?,21?,22-,25+/m0/s1. The zero-order chi connectivity index (χ0) is 22.4. The van der Waals surface area contributed by atoms with Crippen LogP contribution in [0.4, 0.5) is 4.79 Å². The molecule has 0 aromatic heterocycles. The fraction of sp³-hybridized carbons (Fsp3) is 0.680. The number of hydrogen-bond donors (Lipinski definition) is 2. The summed E-state index contributed by atoms with van der Waals surface area (Å²) in [6.07, 6.45) is 6.44. The summed E-state index contributed by atoms with van der Waals surface area (Å²) >= 11 is 0. The zero-order valence-electron chi connectivity index (χ0n) is 19.2. The molecule has 0 bridgehead atoms. The molecule has 1 aromatic carbocycles. The molecule has 1 spiro atoms. The summed E-state index contributed by atoms with van der Waals surface area (Å²) in [5.74, 6) is 0.590. The van der Waals surface area contributed by atoms with Crippen LogP contribution in [-0.4, -0.2) is 67.4 Å². The van der Waals surface area contributed by atoms with E-state index in [9.17, 15) is 9.59 Å². The Bertz CT molecular complexity index is 766. The number of likely N-dealkylation sites (tertiary alicyclic amines) is 1. The second-order valence-electron chi connectivity index (χ2n) is 9.37. The molecule has 1 saturated carbocycles. The molecule has 176 valence electrons. The van der Waals surface area contributed by atoms with Crippen LogP contribution in [-0.2, 0) is 14.3 Å². The molecule has 7 nitrogen and oxygen atoms in total. The zero-order valence-corrected chi connectivity index (χ0v) is 19.2. The molecule has 1 aromatic rings. The number of rotatable bonds is 5. The lowest BCUT2D eigenvalue weighted by atomic mass is 9.81. The average molecular weight is 444 g/mol. The lowest BCUT2D eigenvalue weighted by molar-refractivity contribution is -0.124. The second kappa shape index (κ2) is 10.7. The van der Waals surface area contributed by atoms with Crippen LogP contribution in [0, 0.1) is 0 Å². The molecule has 2 saturated heterocycles. The topological polar surface area (TPSA) is 79.9 Å². The third-order valence-corrected chi connectivity index (χ3v) is 7.28. The van der Waals surface area contributed by atoms with Crippen molar-refractivity contribution >= 4 is 11.9 Å². The Kier molecular flexibility index (Phi) is 7.68. The van der Waals surface area contributed by atoms with Crippen molar-refractivity contribution in [2.24, 2.45) is 0 Å². The minimum atomic E-state index is -0.585. The molecule has 2 atom stereocenters. The van der Waals surface area contributed by atoms with E-state index in [-0.39, 0.29) is 24.1 Å². The molecular formula is C25H37N3O4. The molecule has 3 aliphatic rings. The molecular weight excluding hydrogens is 406 g/mol. The summed E-state index contributed by atoms with van der Waals surface area (Å²) in [5.41, 5.74) is 0.830. The van der Waals surface area contributed by atoms with Gasteiger partial charge in [0.1, 0.15) is 0 Å². The van der Waals surface area contributed by atoms with Gasteiger partial charge in [-0.3, -0.25) is 4.79 Å². The van der Waals surface area contributed by atoms with E-state index < -0.39 is 5.54 Å². The van der Waals surface area contributed by atoms with E-state index in [0.29, 0.717) is 45.2 Å². The highest BCUT2D eigenvalue weighted by Crippen LogP contribution is 2.35. The van der Waals surface area contributed by atoms with Crippen molar-refractivity contribution in [3.63, 3.8) is 0 Å². The Morgan fingerprint density at radius 1 is 1.25 bits per heavy atom. The number of amides is 3. The van der Waals surface area contributed by atoms with E-state index in [4.69, 9.17) is 9.47 Å². The maximum Gasteiger partial charge on any atom is 0.317 e. The van der Waals surface area contributed by atoms with E-state index >= 15 is 0 Å². The van der Waals surface area contributed by atoms with Crippen LogP contribution in [0.3, 0.4) is 0 Å². The number of hydrogen-bond acceptors (Lipinski definition) is 4. The second-order valence-corrected chi connectivity index (χ2v) is 9.37. The average Bonchev–Trinajstić information content (AvgIpc) is 3.00. The number of piperidine rings is 1. The smallest absolute Gasteiger partial charge is 0.317 e. The summed E-state index contributed by atoms with van der Waals surface area (Å²) in [6.45, 7) is 4.42. The number of carbonyl (C=O) groups excluding carboxylic acids is 2. The third kappa shape index (κ3) is 5.26. The number of benzene rings is 1. The first-order valence-electron chi connectivity index (χ1n) is 12.2. The van der Waals surface area contributed by atoms with Gasteiger partial charge in [-0.25, -0.2) is 4.79 Å². The highest BCUT2D eigenvalue weighted by atomic mass is 16.5. The molecule has 3 amide bonds. The quantitative estimate of drug-likeness (QED) is 0.733. The van der Waals surface area contributed by atoms with Gasteiger partial charge < -0.3 is 25.0 Å². The van der Waals surface area contributed by atoms with Crippen LogP contribution in [0.1, 0.15) is 63.4 Å². The number of ether oxygens (including phenoxy) is 2. The molecule has 2 heterocycles. The summed E-state index contributed by atoms with van der Waals surface area (Å²) in [6, 6.07) is 10.4. The van der Waals surface area contributed by atoms with Crippen LogP contribution < -0.4 is 10.6 Å². The first kappa shape index (κ1) is 23.1. The number of carbonyl (C=O) groups is 2. The Balaban J connectivity index is 1.42. The number of urea groups is 1. The third-order valence-electron chi connectivity index (χ3n) is 7.28. The predicted molar refractivity (Wildman–Crippen MR) is 123 cm³/mol. The van der Waals surface area contributed by atoms with Crippen LogP contribution in [0.25, 0.3) is 0 Å². The fourth-order valence-electron chi connectivity index (χ4n) is 5.56. The van der Waals surface area contributed by atoms with Crippen molar-refractivity contribution in [1.82, 2.24) is 15.5 Å². The summed E-state index contributed by atoms with van der Waals surface area (Å²) in [4.78, 5) is 27.1. The first-order valence-corrected chi connectivity index (χ1v) is 12.2. The van der Waals surface area contributed by atoms with Crippen molar-refractivity contribution in [3.8, 4) is 0 Å². The van der Waals surface area contributed by atoms with Crippen molar-refractivity contribution in [2.45, 2.75) is 75.5 Å². The highest BCUT2D eigenvalue weighted by molar-refractivity contribution is 5.78. The van der Waals surface area contributed by atoms with Gasteiger partial charge in [0.15, 0.2) is 0 Å². The van der Waals surface area contributed by atoms with Gasteiger partial charge in [-0.2, -0.15) is 0 Å². The molecule has 2 aliphatic heterocycles. The molecule has 32 heavy (non-hydrogen) atoms. The summed E-state index contributed by atoms with van der Waals surface area (Å²) < 4.78 is 12.3. The Hall–Kier alpha value is -2.12. The SMILES string of the molecule is CCNC(=O)N1CCC[C@@]2(COCCC(=O)N2)[C@@H]1COC1CCC(c2ccccc2)CC1. The molecule has 0 radical (unpaired) electrons. The lowest BCUT2D eigenvalue weighted by Gasteiger charge is -2.49. The van der Waals surface area contributed by atoms with Crippen LogP contribution >= 0.6 is 0 Å². The number of nitrogens with one attached hydrogen (secondary N) is 2. The predicted octanol–water partition coefficient (Wildman–Crippen LogP) is 3.20. The monoisotopic (exact) mass is 443 g/mol. The van der Waals surface area contributed by atoms with Crippen LogP contribution in [0.15, 0.2) is 30.3 Å². The number of nitrogens with zero attached hydrogens (tertiary/aromatic N) is 1. The first-order chi connectivity index (χ1) is 15.6. The minimum Gasteiger partial charge on any atom is -0.378 e. The minimum absolute atomic E-state index is 0.00591. The van der Waals surface area contributed by atoms with Gasteiger partial charge in [-0.15, -0.1) is 0 Å². The molecule has 2 N–H and O–H groups in total. The maximum absolute atomic E-state index is 12.9. The van der Waals surface area contributed by atoms with Gasteiger partial charge in [-0.05, 0) is 56.9 Å². The van der Waals surface area contributed by atoms with Crippen molar-refractivity contribution in [1.29, 1.82) is 0 Å². The maximum atomic E-state index is 12.9. The molecule has 1 aliphatic carbocycles.